The Kier molecular flexibility index (Phi) is 8.09. The van der Waals surface area contributed by atoms with Crippen LogP contribution in [0.2, 0.25) is 0 Å². The lowest BCUT2D eigenvalue weighted by Crippen LogP contribution is -2.10. The molecule has 0 bridgehead atoms. The number of fused-ring (bicyclic) bond motifs is 4. The second kappa shape index (κ2) is 13.7. The molecule has 0 saturated heterocycles. The molecule has 54 heavy (non-hydrogen) atoms. The highest BCUT2D eigenvalue weighted by Gasteiger charge is 2.19. The predicted molar refractivity (Wildman–Crippen MR) is 233 cm³/mol. The maximum absolute atomic E-state index is 2.43. The second-order valence-electron chi connectivity index (χ2n) is 13.8. The van der Waals surface area contributed by atoms with Crippen molar-refractivity contribution in [2.75, 3.05) is 4.90 Å². The van der Waals surface area contributed by atoms with Crippen molar-refractivity contribution >= 4 is 59.3 Å². The van der Waals surface area contributed by atoms with Crippen LogP contribution in [0.15, 0.2) is 212 Å². The maximum Gasteiger partial charge on any atom is 0.0640 e. The summed E-state index contributed by atoms with van der Waals surface area (Å²) in [7, 11) is 0. The van der Waals surface area contributed by atoms with Crippen LogP contribution in [-0.4, -0.2) is 0 Å². The molecule has 10 rings (SSSR count). The van der Waals surface area contributed by atoms with Gasteiger partial charge >= 0.3 is 0 Å². The highest BCUT2D eigenvalue weighted by molar-refractivity contribution is 7.26. The minimum atomic E-state index is 1.12. The van der Waals surface area contributed by atoms with Crippen LogP contribution in [-0.2, 0) is 0 Å². The first-order chi connectivity index (χ1) is 26.7. The van der Waals surface area contributed by atoms with Crippen LogP contribution in [0.4, 0.5) is 17.1 Å². The van der Waals surface area contributed by atoms with Gasteiger partial charge in [0.2, 0.25) is 0 Å². The molecule has 0 radical (unpaired) electrons. The molecule has 0 saturated carbocycles. The number of benzene rings is 9. The van der Waals surface area contributed by atoms with Crippen molar-refractivity contribution in [3.8, 4) is 44.5 Å². The summed E-state index contributed by atoms with van der Waals surface area (Å²) >= 11 is 1.86. The Labute approximate surface area is 319 Å². The van der Waals surface area contributed by atoms with Crippen LogP contribution in [0.1, 0.15) is 0 Å². The highest BCUT2D eigenvalue weighted by atomic mass is 32.1. The summed E-state index contributed by atoms with van der Waals surface area (Å²) in [6.45, 7) is 0. The van der Waals surface area contributed by atoms with Gasteiger partial charge in [-0.2, -0.15) is 0 Å². The summed E-state index contributed by atoms with van der Waals surface area (Å²) in [5, 5.41) is 5.07. The summed E-state index contributed by atoms with van der Waals surface area (Å²) in [6, 6.07) is 77.1. The third kappa shape index (κ3) is 5.93. The maximum atomic E-state index is 2.43. The molecule has 0 fully saturated rings. The Morgan fingerprint density at radius 2 is 0.759 bits per heavy atom. The number of anilines is 3. The average molecular weight is 706 g/mol. The third-order valence-corrected chi connectivity index (χ3v) is 11.7. The van der Waals surface area contributed by atoms with Gasteiger partial charge in [0, 0.05) is 26.8 Å². The molecule has 0 spiro atoms. The molecule has 0 atom stereocenters. The van der Waals surface area contributed by atoms with E-state index >= 15 is 0 Å². The Morgan fingerprint density at radius 1 is 0.296 bits per heavy atom. The van der Waals surface area contributed by atoms with E-state index in [1.165, 1.54) is 81.1 Å². The van der Waals surface area contributed by atoms with Crippen LogP contribution in [0, 0.1) is 0 Å². The van der Waals surface area contributed by atoms with Gasteiger partial charge in [-0.15, -0.1) is 11.3 Å². The minimum absolute atomic E-state index is 1.12. The summed E-state index contributed by atoms with van der Waals surface area (Å²) < 4.78 is 2.58. The fraction of sp³-hybridized carbons (Fsp3) is 0. The smallest absolute Gasteiger partial charge is 0.0640 e. The lowest BCUT2D eigenvalue weighted by atomic mass is 9.97. The predicted octanol–water partition coefficient (Wildman–Crippen LogP) is 15.3. The quantitative estimate of drug-likeness (QED) is 0.160. The van der Waals surface area contributed by atoms with E-state index in [1.54, 1.807) is 0 Å². The van der Waals surface area contributed by atoms with Gasteiger partial charge in [0.25, 0.3) is 0 Å². The molecule has 1 aromatic heterocycles. The first kappa shape index (κ1) is 32.0. The van der Waals surface area contributed by atoms with E-state index in [9.17, 15) is 0 Å². The van der Waals surface area contributed by atoms with E-state index < -0.39 is 0 Å². The molecular weight excluding hydrogens is 671 g/mol. The van der Waals surface area contributed by atoms with Crippen molar-refractivity contribution in [3.05, 3.63) is 212 Å². The van der Waals surface area contributed by atoms with E-state index in [-0.39, 0.29) is 0 Å². The Morgan fingerprint density at radius 3 is 1.43 bits per heavy atom. The minimum Gasteiger partial charge on any atom is -0.309 e. The fourth-order valence-corrected chi connectivity index (χ4v) is 8.89. The fourth-order valence-electron chi connectivity index (χ4n) is 7.68. The SMILES string of the molecule is c1ccc(-c2ccc(-c3cccc(N(c4ccc(-c5ccc6cc(-c7ccccc7)ccc6c5)cc4)c4cccc5c4sc4ccccc45)c3)cc2)cc1. The summed E-state index contributed by atoms with van der Waals surface area (Å²) in [5.74, 6) is 0. The number of nitrogens with zero attached hydrogens (tertiary/aromatic N) is 1. The normalized spacial score (nSPS) is 11.3. The van der Waals surface area contributed by atoms with Gasteiger partial charge in [-0.25, -0.2) is 0 Å². The van der Waals surface area contributed by atoms with E-state index in [2.05, 4.69) is 217 Å². The first-order valence-corrected chi connectivity index (χ1v) is 19.2. The van der Waals surface area contributed by atoms with Crippen molar-refractivity contribution in [3.63, 3.8) is 0 Å². The standard InChI is InChI=1S/C52H35NS/c1-3-11-36(12-4-1)38-21-23-39(24-22-38)41-15-9-16-47(35-41)53(50-19-10-18-49-48-17-7-8-20-51(48)54-52(49)50)46-31-29-40(30-32-46)43-26-28-44-33-42(25-27-45(44)34-43)37-13-5-2-6-14-37/h1-35H. The summed E-state index contributed by atoms with van der Waals surface area (Å²) in [4.78, 5) is 2.43. The van der Waals surface area contributed by atoms with Crippen LogP contribution in [0.5, 0.6) is 0 Å². The zero-order valence-corrected chi connectivity index (χ0v) is 30.4. The summed E-state index contributed by atoms with van der Waals surface area (Å²) in [6.07, 6.45) is 0. The van der Waals surface area contributed by atoms with Gasteiger partial charge < -0.3 is 4.90 Å². The second-order valence-corrected chi connectivity index (χ2v) is 14.8. The molecule has 254 valence electrons. The van der Waals surface area contributed by atoms with Crippen LogP contribution in [0.3, 0.4) is 0 Å². The molecule has 0 amide bonds. The van der Waals surface area contributed by atoms with E-state index in [0.717, 1.165) is 11.4 Å². The van der Waals surface area contributed by atoms with E-state index in [1.807, 2.05) is 11.3 Å². The van der Waals surface area contributed by atoms with Crippen LogP contribution < -0.4 is 4.90 Å². The lowest BCUT2D eigenvalue weighted by Gasteiger charge is -2.27. The molecule has 0 N–H and O–H groups in total. The molecule has 0 aliphatic carbocycles. The van der Waals surface area contributed by atoms with E-state index in [0.29, 0.717) is 0 Å². The van der Waals surface area contributed by atoms with Crippen LogP contribution in [0.25, 0.3) is 75.5 Å². The Hall–Kier alpha value is -6.74. The van der Waals surface area contributed by atoms with Gasteiger partial charge in [0.15, 0.2) is 0 Å². The van der Waals surface area contributed by atoms with Gasteiger partial charge in [0.05, 0.1) is 10.4 Å². The van der Waals surface area contributed by atoms with Crippen molar-refractivity contribution in [1.29, 1.82) is 0 Å². The molecule has 9 aromatic carbocycles. The Bertz CT molecular complexity index is 2910. The van der Waals surface area contributed by atoms with Gasteiger partial charge in [0.1, 0.15) is 0 Å². The van der Waals surface area contributed by atoms with Gasteiger partial charge in [-0.05, 0) is 104 Å². The monoisotopic (exact) mass is 705 g/mol. The highest BCUT2D eigenvalue weighted by Crippen LogP contribution is 2.45. The number of hydrogen-bond acceptors (Lipinski definition) is 2. The average Bonchev–Trinajstić information content (AvgIpc) is 3.64. The molecule has 0 aliphatic rings. The molecule has 2 heteroatoms. The largest absolute Gasteiger partial charge is 0.309 e. The molecule has 10 aromatic rings. The Balaban J connectivity index is 1.05. The number of hydrogen-bond donors (Lipinski definition) is 0. The third-order valence-electron chi connectivity index (χ3n) is 10.5. The zero-order chi connectivity index (χ0) is 35.8. The summed E-state index contributed by atoms with van der Waals surface area (Å²) in [5.41, 5.74) is 13.1. The van der Waals surface area contributed by atoms with Crippen molar-refractivity contribution in [1.82, 2.24) is 0 Å². The molecular formula is C52H35NS. The van der Waals surface area contributed by atoms with E-state index in [4.69, 9.17) is 0 Å². The molecule has 1 nitrogen and oxygen atoms in total. The topological polar surface area (TPSA) is 3.24 Å². The molecule has 0 aliphatic heterocycles. The molecule has 0 unspecified atom stereocenters. The lowest BCUT2D eigenvalue weighted by molar-refractivity contribution is 1.30. The van der Waals surface area contributed by atoms with Crippen molar-refractivity contribution in [2.45, 2.75) is 0 Å². The zero-order valence-electron chi connectivity index (χ0n) is 29.6. The van der Waals surface area contributed by atoms with Gasteiger partial charge in [-0.3, -0.25) is 0 Å². The van der Waals surface area contributed by atoms with Crippen molar-refractivity contribution in [2.24, 2.45) is 0 Å². The van der Waals surface area contributed by atoms with Crippen molar-refractivity contribution < 1.29 is 0 Å². The molecule has 1 heterocycles. The van der Waals surface area contributed by atoms with Crippen LogP contribution >= 0.6 is 11.3 Å². The number of rotatable bonds is 7. The first-order valence-electron chi connectivity index (χ1n) is 18.4. The van der Waals surface area contributed by atoms with Gasteiger partial charge in [-0.1, -0.05) is 164 Å². The number of thiophene rings is 1.